The molecule has 1 aromatic heterocycles. The molecule has 0 saturated carbocycles. The molecule has 2 saturated heterocycles. The molecule has 8 heteroatoms. The number of anilines is 1. The molecule has 0 atom stereocenters. The molecule has 3 heterocycles. The number of benzene rings is 1. The molecule has 0 radical (unpaired) electrons. The van der Waals surface area contributed by atoms with Crippen LogP contribution in [0.15, 0.2) is 29.1 Å². The Morgan fingerprint density at radius 1 is 1.17 bits per heavy atom. The van der Waals surface area contributed by atoms with Crippen LogP contribution in [0, 0.1) is 11.3 Å². The van der Waals surface area contributed by atoms with Gasteiger partial charge in [-0.1, -0.05) is 18.2 Å². The molecule has 29 heavy (non-hydrogen) atoms. The van der Waals surface area contributed by atoms with E-state index in [1.165, 1.54) is 9.47 Å². The second-order valence-electron chi connectivity index (χ2n) is 7.58. The number of hydrogen-bond donors (Lipinski definition) is 1. The molecule has 150 valence electrons. The van der Waals surface area contributed by atoms with Crippen LogP contribution in [0.25, 0.3) is 10.9 Å². The monoisotopic (exact) mass is 393 g/mol. The van der Waals surface area contributed by atoms with Gasteiger partial charge in [-0.3, -0.25) is 14.5 Å². The lowest BCUT2D eigenvalue weighted by Crippen LogP contribution is -2.49. The van der Waals surface area contributed by atoms with Crippen molar-refractivity contribution in [3.8, 4) is 6.07 Å². The van der Waals surface area contributed by atoms with E-state index in [4.69, 9.17) is 0 Å². The number of piperidine rings is 1. The topological polar surface area (TPSA) is 98.4 Å². The molecule has 2 fully saturated rings. The van der Waals surface area contributed by atoms with Crippen LogP contribution in [-0.2, 0) is 11.8 Å². The number of para-hydroxylation sites is 1. The quantitative estimate of drug-likeness (QED) is 0.842. The third-order valence-corrected chi connectivity index (χ3v) is 5.83. The minimum Gasteiger partial charge on any atom is -0.380 e. The van der Waals surface area contributed by atoms with Gasteiger partial charge in [0.1, 0.15) is 11.6 Å². The predicted molar refractivity (Wildman–Crippen MR) is 108 cm³/mol. The summed E-state index contributed by atoms with van der Waals surface area (Å²) >= 11 is 0. The maximum atomic E-state index is 12.6. The van der Waals surface area contributed by atoms with Gasteiger partial charge in [-0.05, 0) is 25.3 Å². The highest BCUT2D eigenvalue weighted by Gasteiger charge is 2.32. The third kappa shape index (κ3) is 3.33. The van der Waals surface area contributed by atoms with E-state index < -0.39 is 0 Å². The zero-order valence-electron chi connectivity index (χ0n) is 16.4. The summed E-state index contributed by atoms with van der Waals surface area (Å²) in [6.45, 7) is 1.57. The number of nitrogens with one attached hydrogen (secondary N) is 1. The maximum Gasteiger partial charge on any atom is 0.326 e. The fraction of sp³-hybridized carbons (Fsp3) is 0.429. The minimum atomic E-state index is -0.325. The van der Waals surface area contributed by atoms with Crippen LogP contribution >= 0.6 is 0 Å². The summed E-state index contributed by atoms with van der Waals surface area (Å²) in [6.07, 6.45) is 2.54. The molecule has 2 aromatic rings. The minimum absolute atomic E-state index is 0.0379. The Balaban J connectivity index is 1.53. The number of nitriles is 1. The van der Waals surface area contributed by atoms with Crippen molar-refractivity contribution in [2.45, 2.75) is 31.7 Å². The third-order valence-electron chi connectivity index (χ3n) is 5.83. The summed E-state index contributed by atoms with van der Waals surface area (Å²) in [7, 11) is 1.67. The molecule has 2 aliphatic heterocycles. The van der Waals surface area contributed by atoms with Crippen LogP contribution in [0.3, 0.4) is 0 Å². The van der Waals surface area contributed by atoms with Crippen LogP contribution in [0.1, 0.15) is 31.2 Å². The smallest absolute Gasteiger partial charge is 0.326 e. The number of nitrogens with zero attached hydrogens (tertiary/aromatic N) is 4. The van der Waals surface area contributed by atoms with E-state index in [2.05, 4.69) is 11.4 Å². The number of imide groups is 1. The van der Waals surface area contributed by atoms with Crippen molar-refractivity contribution < 1.29 is 9.59 Å². The maximum absolute atomic E-state index is 12.6. The van der Waals surface area contributed by atoms with Gasteiger partial charge in [0.2, 0.25) is 5.91 Å². The van der Waals surface area contributed by atoms with Gasteiger partial charge in [0, 0.05) is 44.5 Å². The van der Waals surface area contributed by atoms with Crippen molar-refractivity contribution >= 4 is 28.5 Å². The van der Waals surface area contributed by atoms with Gasteiger partial charge in [-0.2, -0.15) is 5.26 Å². The molecular formula is C21H23N5O3. The van der Waals surface area contributed by atoms with E-state index in [1.807, 2.05) is 24.3 Å². The van der Waals surface area contributed by atoms with Crippen molar-refractivity contribution in [3.63, 3.8) is 0 Å². The number of fused-ring (bicyclic) bond motifs is 1. The first-order valence-electron chi connectivity index (χ1n) is 9.89. The highest BCUT2D eigenvalue weighted by atomic mass is 16.2. The molecule has 1 N–H and O–H groups in total. The average Bonchev–Trinajstić information content (AvgIpc) is 3.18. The van der Waals surface area contributed by atoms with Gasteiger partial charge < -0.3 is 14.8 Å². The van der Waals surface area contributed by atoms with Gasteiger partial charge in [-0.25, -0.2) is 4.79 Å². The summed E-state index contributed by atoms with van der Waals surface area (Å²) < 4.78 is 1.49. The first-order valence-corrected chi connectivity index (χ1v) is 9.89. The van der Waals surface area contributed by atoms with E-state index in [1.54, 1.807) is 11.9 Å². The number of hydrogen-bond acceptors (Lipinski definition) is 5. The number of carbonyl (C=O) groups excluding carboxylic acids is 2. The summed E-state index contributed by atoms with van der Waals surface area (Å²) in [6, 6.07) is 9.38. The number of carbonyl (C=O) groups is 2. The molecule has 0 unspecified atom stereocenters. The van der Waals surface area contributed by atoms with Gasteiger partial charge in [-0.15, -0.1) is 0 Å². The van der Waals surface area contributed by atoms with Gasteiger partial charge in [0.05, 0.1) is 11.2 Å². The highest BCUT2D eigenvalue weighted by molar-refractivity contribution is 5.96. The molecular weight excluding hydrogens is 370 g/mol. The lowest BCUT2D eigenvalue weighted by atomic mass is 10.0. The van der Waals surface area contributed by atoms with Crippen molar-refractivity contribution in [3.05, 3.63) is 40.2 Å². The predicted octanol–water partition coefficient (Wildman–Crippen LogP) is 2.03. The van der Waals surface area contributed by atoms with Crippen LogP contribution in [0.5, 0.6) is 0 Å². The Kier molecular flexibility index (Phi) is 4.97. The molecule has 3 amide bonds. The Morgan fingerprint density at radius 2 is 1.90 bits per heavy atom. The zero-order valence-corrected chi connectivity index (χ0v) is 16.4. The van der Waals surface area contributed by atoms with Crippen molar-refractivity contribution in [2.24, 2.45) is 7.05 Å². The summed E-state index contributed by atoms with van der Waals surface area (Å²) in [4.78, 5) is 40.0. The van der Waals surface area contributed by atoms with Crippen LogP contribution in [0.2, 0.25) is 0 Å². The van der Waals surface area contributed by atoms with E-state index in [9.17, 15) is 19.6 Å². The number of likely N-dealkylation sites (tertiary alicyclic amines) is 2. The highest BCUT2D eigenvalue weighted by Crippen LogP contribution is 2.27. The van der Waals surface area contributed by atoms with Gasteiger partial charge in [0.25, 0.3) is 5.56 Å². The molecule has 0 bridgehead atoms. The fourth-order valence-electron chi connectivity index (χ4n) is 4.19. The van der Waals surface area contributed by atoms with E-state index in [-0.39, 0.29) is 29.1 Å². The Hall–Kier alpha value is -3.34. The molecule has 0 spiro atoms. The van der Waals surface area contributed by atoms with E-state index >= 15 is 0 Å². The molecule has 0 aliphatic carbocycles. The number of amides is 3. The van der Waals surface area contributed by atoms with Gasteiger partial charge in [0.15, 0.2) is 0 Å². The van der Waals surface area contributed by atoms with E-state index in [0.29, 0.717) is 44.6 Å². The first-order chi connectivity index (χ1) is 14.0. The normalized spacial score (nSPS) is 17.6. The first kappa shape index (κ1) is 19.0. The number of urea groups is 1. The fourth-order valence-corrected chi connectivity index (χ4v) is 4.19. The average molecular weight is 393 g/mol. The van der Waals surface area contributed by atoms with Crippen molar-refractivity contribution in [1.29, 1.82) is 5.26 Å². The van der Waals surface area contributed by atoms with Gasteiger partial charge >= 0.3 is 6.03 Å². The molecule has 4 rings (SSSR count). The summed E-state index contributed by atoms with van der Waals surface area (Å²) in [5.74, 6) is -0.0967. The molecule has 8 nitrogen and oxygen atoms in total. The Bertz CT molecular complexity index is 1080. The Labute approximate surface area is 168 Å². The number of pyridine rings is 1. The summed E-state index contributed by atoms with van der Waals surface area (Å²) in [5.41, 5.74) is 1.10. The van der Waals surface area contributed by atoms with Crippen LogP contribution in [-0.4, -0.2) is 52.0 Å². The van der Waals surface area contributed by atoms with Crippen LogP contribution in [0.4, 0.5) is 10.5 Å². The largest absolute Gasteiger partial charge is 0.380 e. The standard InChI is InChI=1S/C21H23N5O3/c1-24-17-6-3-2-5-15(17)19(16(13-22)20(24)28)23-14-8-11-25(12-9-14)21(29)26-10-4-7-18(26)27/h2-3,5-6,14,23H,4,7-12H2,1H3. The van der Waals surface area contributed by atoms with E-state index in [0.717, 1.165) is 17.3 Å². The lowest BCUT2D eigenvalue weighted by Gasteiger charge is -2.35. The Morgan fingerprint density at radius 3 is 2.55 bits per heavy atom. The zero-order chi connectivity index (χ0) is 20.5. The number of aromatic nitrogens is 1. The van der Waals surface area contributed by atoms with Crippen molar-refractivity contribution in [1.82, 2.24) is 14.4 Å². The number of aryl methyl sites for hydroxylation is 1. The molecule has 1 aromatic carbocycles. The SMILES string of the molecule is Cn1c(=O)c(C#N)c(NC2CCN(C(=O)N3CCCC3=O)CC2)c2ccccc21. The van der Waals surface area contributed by atoms with Crippen LogP contribution < -0.4 is 10.9 Å². The molecule has 2 aliphatic rings. The van der Waals surface area contributed by atoms with Crippen molar-refractivity contribution in [2.75, 3.05) is 25.0 Å². The number of rotatable bonds is 2. The lowest BCUT2D eigenvalue weighted by molar-refractivity contribution is -0.125. The second kappa shape index (κ2) is 7.59. The second-order valence-corrected chi connectivity index (χ2v) is 7.58. The summed E-state index contributed by atoms with van der Waals surface area (Å²) in [5, 5.41) is 13.8.